The van der Waals surface area contributed by atoms with Gasteiger partial charge in [0.05, 0.1) is 0 Å². The van der Waals surface area contributed by atoms with Gasteiger partial charge in [-0.25, -0.2) is 0 Å². The molecule has 0 bridgehead atoms. The average molecular weight is 270 g/mol. The Morgan fingerprint density at radius 2 is 1.70 bits per heavy atom. The zero-order valence-electron chi connectivity index (χ0n) is 11.6. The molecule has 104 valence electrons. The zero-order valence-corrected chi connectivity index (χ0v) is 11.6. The van der Waals surface area contributed by atoms with E-state index in [0.29, 0.717) is 5.56 Å². The highest BCUT2D eigenvalue weighted by atomic mass is 16.2. The monoisotopic (exact) mass is 270 g/mol. The van der Waals surface area contributed by atoms with Crippen LogP contribution < -0.4 is 11.1 Å². The van der Waals surface area contributed by atoms with Crippen molar-refractivity contribution in [3.05, 3.63) is 48.0 Å². The van der Waals surface area contributed by atoms with E-state index in [1.54, 1.807) is 6.07 Å². The van der Waals surface area contributed by atoms with Crippen LogP contribution in [0.25, 0.3) is 10.8 Å². The number of rotatable bonds is 4. The van der Waals surface area contributed by atoms with E-state index in [9.17, 15) is 9.59 Å². The lowest BCUT2D eigenvalue weighted by Crippen LogP contribution is -2.47. The van der Waals surface area contributed by atoms with Crippen molar-refractivity contribution in [3.8, 4) is 0 Å². The number of carbonyl (C=O) groups is 2. The molecule has 0 radical (unpaired) electrons. The Bertz CT molecular complexity index is 650. The Balaban J connectivity index is 2.24. The fourth-order valence-corrected chi connectivity index (χ4v) is 2.12. The first-order chi connectivity index (χ1) is 9.49. The standard InChI is InChI=1S/C16H18N2O2/c1-10(2)14(15(17)19)18-16(20)13-8-7-11-5-3-4-6-12(11)9-13/h3-10,14H,1-2H3,(H2,17,19)(H,18,20)/t14-/m0/s1. The van der Waals surface area contributed by atoms with E-state index in [2.05, 4.69) is 5.32 Å². The van der Waals surface area contributed by atoms with Gasteiger partial charge in [0.1, 0.15) is 6.04 Å². The highest BCUT2D eigenvalue weighted by molar-refractivity contribution is 6.00. The fourth-order valence-electron chi connectivity index (χ4n) is 2.12. The van der Waals surface area contributed by atoms with Crippen LogP contribution >= 0.6 is 0 Å². The van der Waals surface area contributed by atoms with Crippen LogP contribution in [0.15, 0.2) is 42.5 Å². The van der Waals surface area contributed by atoms with Crippen LogP contribution in [-0.2, 0) is 4.79 Å². The molecule has 0 spiro atoms. The van der Waals surface area contributed by atoms with Gasteiger partial charge in [0.2, 0.25) is 5.91 Å². The molecule has 2 rings (SSSR count). The van der Waals surface area contributed by atoms with Gasteiger partial charge in [0.25, 0.3) is 5.91 Å². The number of hydrogen-bond donors (Lipinski definition) is 2. The summed E-state index contributed by atoms with van der Waals surface area (Å²) in [7, 11) is 0. The number of hydrogen-bond acceptors (Lipinski definition) is 2. The lowest BCUT2D eigenvalue weighted by molar-refractivity contribution is -0.120. The zero-order chi connectivity index (χ0) is 14.7. The van der Waals surface area contributed by atoms with Gasteiger partial charge < -0.3 is 11.1 Å². The number of nitrogens with one attached hydrogen (secondary N) is 1. The first-order valence-corrected chi connectivity index (χ1v) is 6.58. The number of amides is 2. The largest absolute Gasteiger partial charge is 0.368 e. The second-order valence-corrected chi connectivity index (χ2v) is 5.16. The van der Waals surface area contributed by atoms with E-state index in [1.807, 2.05) is 50.2 Å². The molecule has 20 heavy (non-hydrogen) atoms. The number of primary amides is 1. The molecular weight excluding hydrogens is 252 g/mol. The third-order valence-corrected chi connectivity index (χ3v) is 3.27. The van der Waals surface area contributed by atoms with E-state index in [0.717, 1.165) is 10.8 Å². The maximum Gasteiger partial charge on any atom is 0.251 e. The van der Waals surface area contributed by atoms with Gasteiger partial charge in [0.15, 0.2) is 0 Å². The lowest BCUT2D eigenvalue weighted by Gasteiger charge is -2.19. The second-order valence-electron chi connectivity index (χ2n) is 5.16. The van der Waals surface area contributed by atoms with E-state index in [-0.39, 0.29) is 11.8 Å². The summed E-state index contributed by atoms with van der Waals surface area (Å²) >= 11 is 0. The molecule has 0 aliphatic heterocycles. The molecule has 1 atom stereocenters. The Morgan fingerprint density at radius 1 is 1.05 bits per heavy atom. The van der Waals surface area contributed by atoms with Crippen molar-refractivity contribution in [1.29, 1.82) is 0 Å². The summed E-state index contributed by atoms with van der Waals surface area (Å²) in [5.41, 5.74) is 5.82. The highest BCUT2D eigenvalue weighted by Crippen LogP contribution is 2.16. The van der Waals surface area contributed by atoms with Gasteiger partial charge in [0, 0.05) is 5.56 Å². The molecule has 3 N–H and O–H groups in total. The van der Waals surface area contributed by atoms with Crippen molar-refractivity contribution in [2.24, 2.45) is 11.7 Å². The van der Waals surface area contributed by atoms with Crippen LogP contribution in [0, 0.1) is 5.92 Å². The third-order valence-electron chi connectivity index (χ3n) is 3.27. The minimum Gasteiger partial charge on any atom is -0.368 e. The molecule has 2 aromatic carbocycles. The number of benzene rings is 2. The molecule has 4 nitrogen and oxygen atoms in total. The van der Waals surface area contributed by atoms with E-state index in [1.165, 1.54) is 0 Å². The van der Waals surface area contributed by atoms with Crippen molar-refractivity contribution in [2.75, 3.05) is 0 Å². The Kier molecular flexibility index (Phi) is 4.03. The predicted octanol–water partition coefficient (Wildman–Crippen LogP) is 2.08. The van der Waals surface area contributed by atoms with Crippen LogP contribution in [0.4, 0.5) is 0 Å². The normalized spacial score (nSPS) is 12.3. The van der Waals surface area contributed by atoms with Crippen LogP contribution in [0.2, 0.25) is 0 Å². The van der Waals surface area contributed by atoms with E-state index >= 15 is 0 Å². The van der Waals surface area contributed by atoms with Crippen LogP contribution in [0.3, 0.4) is 0 Å². The summed E-state index contributed by atoms with van der Waals surface area (Å²) < 4.78 is 0. The SMILES string of the molecule is CC(C)[C@H](NC(=O)c1ccc2ccccc2c1)C(N)=O. The summed E-state index contributed by atoms with van der Waals surface area (Å²) in [6.45, 7) is 3.69. The predicted molar refractivity (Wildman–Crippen MR) is 79.2 cm³/mol. The van der Waals surface area contributed by atoms with Gasteiger partial charge >= 0.3 is 0 Å². The summed E-state index contributed by atoms with van der Waals surface area (Å²) in [5.74, 6) is -0.848. The van der Waals surface area contributed by atoms with Crippen LogP contribution in [0.1, 0.15) is 24.2 Å². The van der Waals surface area contributed by atoms with Crippen molar-refractivity contribution in [3.63, 3.8) is 0 Å². The van der Waals surface area contributed by atoms with Crippen molar-refractivity contribution in [1.82, 2.24) is 5.32 Å². The maximum atomic E-state index is 12.2. The highest BCUT2D eigenvalue weighted by Gasteiger charge is 2.22. The van der Waals surface area contributed by atoms with Gasteiger partial charge in [-0.1, -0.05) is 44.2 Å². The van der Waals surface area contributed by atoms with Crippen molar-refractivity contribution < 1.29 is 9.59 Å². The summed E-state index contributed by atoms with van der Waals surface area (Å²) in [5, 5.41) is 4.74. The maximum absolute atomic E-state index is 12.2. The van der Waals surface area contributed by atoms with E-state index in [4.69, 9.17) is 5.73 Å². The van der Waals surface area contributed by atoms with Gasteiger partial charge in [-0.3, -0.25) is 9.59 Å². The molecular formula is C16H18N2O2. The minimum atomic E-state index is -0.658. The Labute approximate surface area is 118 Å². The summed E-state index contributed by atoms with van der Waals surface area (Å²) in [6, 6.07) is 12.6. The average Bonchev–Trinajstić information content (AvgIpc) is 2.43. The minimum absolute atomic E-state index is 0.0445. The van der Waals surface area contributed by atoms with Gasteiger partial charge in [-0.15, -0.1) is 0 Å². The first-order valence-electron chi connectivity index (χ1n) is 6.58. The summed E-state index contributed by atoms with van der Waals surface area (Å²) in [6.07, 6.45) is 0. The summed E-state index contributed by atoms with van der Waals surface area (Å²) in [4.78, 5) is 23.5. The molecule has 0 aromatic heterocycles. The smallest absolute Gasteiger partial charge is 0.251 e. The fraction of sp³-hybridized carbons (Fsp3) is 0.250. The number of carbonyl (C=O) groups excluding carboxylic acids is 2. The lowest BCUT2D eigenvalue weighted by atomic mass is 10.0. The molecule has 2 aromatic rings. The molecule has 0 saturated carbocycles. The molecule has 0 saturated heterocycles. The third kappa shape index (κ3) is 2.96. The van der Waals surface area contributed by atoms with Gasteiger partial charge in [-0.05, 0) is 28.8 Å². The molecule has 0 aliphatic rings. The quantitative estimate of drug-likeness (QED) is 0.892. The molecule has 2 amide bonds. The topological polar surface area (TPSA) is 72.2 Å². The van der Waals surface area contributed by atoms with Crippen LogP contribution in [-0.4, -0.2) is 17.9 Å². The van der Waals surface area contributed by atoms with Crippen molar-refractivity contribution in [2.45, 2.75) is 19.9 Å². The molecule has 0 fully saturated rings. The number of nitrogens with two attached hydrogens (primary N) is 1. The number of fused-ring (bicyclic) bond motifs is 1. The Morgan fingerprint density at radius 3 is 2.30 bits per heavy atom. The molecule has 0 heterocycles. The first kappa shape index (κ1) is 14.1. The molecule has 0 unspecified atom stereocenters. The molecule has 0 aliphatic carbocycles. The second kappa shape index (κ2) is 5.74. The molecule has 4 heteroatoms. The van der Waals surface area contributed by atoms with Crippen LogP contribution in [0.5, 0.6) is 0 Å². The Hall–Kier alpha value is -2.36. The van der Waals surface area contributed by atoms with E-state index < -0.39 is 11.9 Å². The van der Waals surface area contributed by atoms with Gasteiger partial charge in [-0.2, -0.15) is 0 Å². The van der Waals surface area contributed by atoms with Crippen molar-refractivity contribution >= 4 is 22.6 Å².